The van der Waals surface area contributed by atoms with E-state index in [0.717, 1.165) is 5.56 Å². The van der Waals surface area contributed by atoms with Gasteiger partial charge in [0.15, 0.2) is 0 Å². The van der Waals surface area contributed by atoms with Crippen LogP contribution in [0, 0.1) is 12.8 Å². The van der Waals surface area contributed by atoms with E-state index < -0.39 is 10.0 Å². The molecule has 3 heterocycles. The molecule has 0 radical (unpaired) electrons. The Hall–Kier alpha value is -2.57. The minimum atomic E-state index is -3.84. The first-order valence-electron chi connectivity index (χ1n) is 10.6. The second-order valence-electron chi connectivity index (χ2n) is 8.16. The maximum absolute atomic E-state index is 13.4. The number of anilines is 1. The zero-order valence-corrected chi connectivity index (χ0v) is 19.7. The standard InChI is InChI=1S/C20H31N7O4S/c1-15(2)20(28)22-5-6-25(4)32(29,30)18-9-16(3)10-23-19(18)26-7-8-31-12-17(11-26)27-14-21-13-24-27/h9-10,13-15,17H,5-8,11-12H2,1-4H3,(H,22,28). The highest BCUT2D eigenvalue weighted by Gasteiger charge is 2.30. The third kappa shape index (κ3) is 5.61. The summed E-state index contributed by atoms with van der Waals surface area (Å²) in [6.07, 6.45) is 4.74. The van der Waals surface area contributed by atoms with E-state index in [9.17, 15) is 13.2 Å². The van der Waals surface area contributed by atoms with Crippen LogP contribution in [0.3, 0.4) is 0 Å². The number of pyridine rings is 1. The van der Waals surface area contributed by atoms with E-state index >= 15 is 0 Å². The molecule has 1 unspecified atom stereocenters. The van der Waals surface area contributed by atoms with Crippen LogP contribution < -0.4 is 10.2 Å². The SMILES string of the molecule is Cc1cnc(N2CCOCC(n3cncn3)C2)c(S(=O)(=O)N(C)CCNC(=O)C(C)C)c1. The van der Waals surface area contributed by atoms with Crippen molar-refractivity contribution in [2.75, 3.05) is 51.3 Å². The van der Waals surface area contributed by atoms with Crippen LogP contribution in [0.15, 0.2) is 29.8 Å². The Kier molecular flexibility index (Phi) is 7.80. The van der Waals surface area contributed by atoms with E-state index in [4.69, 9.17) is 4.74 Å². The third-order valence-corrected chi connectivity index (χ3v) is 7.12. The number of sulfonamides is 1. The van der Waals surface area contributed by atoms with Crippen LogP contribution in [0.2, 0.25) is 0 Å². The van der Waals surface area contributed by atoms with Crippen LogP contribution in [0.4, 0.5) is 5.82 Å². The number of aromatic nitrogens is 4. The lowest BCUT2D eigenvalue weighted by Gasteiger charge is -2.28. The van der Waals surface area contributed by atoms with E-state index in [1.165, 1.54) is 17.7 Å². The molecular formula is C20H31N7O4S. The zero-order valence-electron chi connectivity index (χ0n) is 18.9. The fraction of sp³-hybridized carbons (Fsp3) is 0.600. The molecule has 1 fully saturated rings. The second-order valence-corrected chi connectivity index (χ2v) is 10.2. The van der Waals surface area contributed by atoms with Gasteiger partial charge in [0.25, 0.3) is 0 Å². The monoisotopic (exact) mass is 465 g/mol. The van der Waals surface area contributed by atoms with Gasteiger partial charge in [-0.15, -0.1) is 0 Å². The largest absolute Gasteiger partial charge is 0.377 e. The molecule has 1 aliphatic heterocycles. The number of amides is 1. The average molecular weight is 466 g/mol. The minimum Gasteiger partial charge on any atom is -0.377 e. The van der Waals surface area contributed by atoms with Crippen molar-refractivity contribution < 1.29 is 17.9 Å². The number of hydrogen-bond donors (Lipinski definition) is 1. The van der Waals surface area contributed by atoms with Crippen LogP contribution in [-0.2, 0) is 19.6 Å². The van der Waals surface area contributed by atoms with Crippen molar-refractivity contribution in [2.24, 2.45) is 5.92 Å². The van der Waals surface area contributed by atoms with Gasteiger partial charge in [0.1, 0.15) is 23.4 Å². The lowest BCUT2D eigenvalue weighted by Crippen LogP contribution is -2.39. The highest BCUT2D eigenvalue weighted by Crippen LogP contribution is 2.28. The molecule has 1 amide bonds. The van der Waals surface area contributed by atoms with Gasteiger partial charge in [-0.25, -0.2) is 23.1 Å². The molecule has 11 nitrogen and oxygen atoms in total. The van der Waals surface area contributed by atoms with E-state index in [-0.39, 0.29) is 35.9 Å². The molecule has 2 aromatic rings. The van der Waals surface area contributed by atoms with Gasteiger partial charge in [-0.2, -0.15) is 9.40 Å². The van der Waals surface area contributed by atoms with Gasteiger partial charge in [-0.1, -0.05) is 13.8 Å². The number of likely N-dealkylation sites (N-methyl/N-ethyl adjacent to an activating group) is 1. The van der Waals surface area contributed by atoms with Crippen LogP contribution in [-0.4, -0.2) is 84.8 Å². The molecule has 176 valence electrons. The molecule has 0 aliphatic carbocycles. The van der Waals surface area contributed by atoms with E-state index in [1.807, 2.05) is 11.8 Å². The molecule has 0 bridgehead atoms. The van der Waals surface area contributed by atoms with Crippen LogP contribution in [0.5, 0.6) is 0 Å². The fourth-order valence-electron chi connectivity index (χ4n) is 3.34. The Bertz CT molecular complexity index is 1010. The topological polar surface area (TPSA) is 123 Å². The molecule has 0 saturated carbocycles. The number of carbonyl (C=O) groups is 1. The number of rotatable bonds is 8. The van der Waals surface area contributed by atoms with Crippen LogP contribution in [0.1, 0.15) is 25.5 Å². The molecule has 3 rings (SSSR count). The summed E-state index contributed by atoms with van der Waals surface area (Å²) >= 11 is 0. The van der Waals surface area contributed by atoms with Gasteiger partial charge >= 0.3 is 0 Å². The number of nitrogens with zero attached hydrogens (tertiary/aromatic N) is 6. The Morgan fingerprint density at radius 1 is 1.41 bits per heavy atom. The predicted octanol–water partition coefficient (Wildman–Crippen LogP) is 0.452. The highest BCUT2D eigenvalue weighted by atomic mass is 32.2. The Labute approximate surface area is 188 Å². The van der Waals surface area contributed by atoms with Crippen molar-refractivity contribution >= 4 is 21.7 Å². The molecule has 1 atom stereocenters. The minimum absolute atomic E-state index is 0.113. The second kappa shape index (κ2) is 10.4. The number of aryl methyl sites for hydroxylation is 1. The molecule has 32 heavy (non-hydrogen) atoms. The van der Waals surface area contributed by atoms with Gasteiger partial charge in [0.05, 0.1) is 19.3 Å². The molecule has 1 N–H and O–H groups in total. The Balaban J connectivity index is 1.84. The summed E-state index contributed by atoms with van der Waals surface area (Å²) in [6, 6.07) is 1.51. The first-order valence-corrected chi connectivity index (χ1v) is 12.0. The Morgan fingerprint density at radius 3 is 2.88 bits per heavy atom. The predicted molar refractivity (Wildman–Crippen MR) is 119 cm³/mol. The van der Waals surface area contributed by atoms with Crippen molar-refractivity contribution in [3.63, 3.8) is 0 Å². The van der Waals surface area contributed by atoms with Gasteiger partial charge in [0, 0.05) is 45.3 Å². The van der Waals surface area contributed by atoms with Gasteiger partial charge in [-0.05, 0) is 18.6 Å². The van der Waals surface area contributed by atoms with Gasteiger partial charge < -0.3 is 15.0 Å². The number of carbonyl (C=O) groups excluding carboxylic acids is 1. The lowest BCUT2D eigenvalue weighted by atomic mass is 10.2. The van der Waals surface area contributed by atoms with E-state index in [2.05, 4.69) is 20.4 Å². The third-order valence-electron chi connectivity index (χ3n) is 5.27. The van der Waals surface area contributed by atoms with Crippen LogP contribution >= 0.6 is 0 Å². The zero-order chi connectivity index (χ0) is 23.3. The summed E-state index contributed by atoms with van der Waals surface area (Å²) in [5.41, 5.74) is 0.743. The van der Waals surface area contributed by atoms with Crippen LogP contribution in [0.25, 0.3) is 0 Å². The average Bonchev–Trinajstić information content (AvgIpc) is 3.18. The summed E-state index contributed by atoms with van der Waals surface area (Å²) in [6.45, 7) is 7.64. The van der Waals surface area contributed by atoms with Crippen molar-refractivity contribution in [3.05, 3.63) is 30.5 Å². The highest BCUT2D eigenvalue weighted by molar-refractivity contribution is 7.89. The molecule has 12 heteroatoms. The number of ether oxygens (including phenoxy) is 1. The fourth-order valence-corrected chi connectivity index (χ4v) is 4.76. The molecule has 1 saturated heterocycles. The summed E-state index contributed by atoms with van der Waals surface area (Å²) in [5.74, 6) is 0.106. The molecule has 0 spiro atoms. The molecule has 2 aromatic heterocycles. The summed E-state index contributed by atoms with van der Waals surface area (Å²) in [7, 11) is -2.33. The van der Waals surface area contributed by atoms with E-state index in [1.54, 1.807) is 37.1 Å². The smallest absolute Gasteiger partial charge is 0.246 e. The van der Waals surface area contributed by atoms with Crippen molar-refractivity contribution in [1.82, 2.24) is 29.4 Å². The molecular weight excluding hydrogens is 434 g/mol. The summed E-state index contributed by atoms with van der Waals surface area (Å²) in [5, 5.41) is 6.95. The van der Waals surface area contributed by atoms with Crippen molar-refractivity contribution in [1.29, 1.82) is 0 Å². The quantitative estimate of drug-likeness (QED) is 0.596. The molecule has 1 aliphatic rings. The van der Waals surface area contributed by atoms with Crippen molar-refractivity contribution in [3.8, 4) is 0 Å². The van der Waals surface area contributed by atoms with Crippen molar-refractivity contribution in [2.45, 2.75) is 31.7 Å². The normalized spacial score (nSPS) is 17.6. The van der Waals surface area contributed by atoms with Gasteiger partial charge in [-0.3, -0.25) is 4.79 Å². The first-order chi connectivity index (χ1) is 15.2. The number of hydrogen-bond acceptors (Lipinski definition) is 8. The maximum Gasteiger partial charge on any atom is 0.246 e. The van der Waals surface area contributed by atoms with Gasteiger partial charge in [0.2, 0.25) is 15.9 Å². The lowest BCUT2D eigenvalue weighted by molar-refractivity contribution is -0.123. The molecule has 0 aromatic carbocycles. The number of nitrogens with one attached hydrogen (secondary N) is 1. The summed E-state index contributed by atoms with van der Waals surface area (Å²) in [4.78, 5) is 22.3. The first kappa shape index (κ1) is 24.1. The van der Waals surface area contributed by atoms with E-state index in [0.29, 0.717) is 32.1 Å². The maximum atomic E-state index is 13.4. The summed E-state index contributed by atoms with van der Waals surface area (Å²) < 4.78 is 35.6. The Morgan fingerprint density at radius 2 is 2.19 bits per heavy atom.